The molecule has 0 saturated carbocycles. The first-order chi connectivity index (χ1) is 9.33. The molecule has 1 aromatic carbocycles. The number of nitrogens with two attached hydrogens (primary N) is 1. The molecule has 0 spiro atoms. The highest BCUT2D eigenvalue weighted by atomic mass is 32.1. The van der Waals surface area contributed by atoms with E-state index in [1.165, 1.54) is 11.3 Å². The quantitative estimate of drug-likeness (QED) is 0.737. The van der Waals surface area contributed by atoms with Gasteiger partial charge in [-0.2, -0.15) is 4.98 Å². The highest BCUT2D eigenvalue weighted by molar-refractivity contribution is 7.16. The zero-order valence-electron chi connectivity index (χ0n) is 10.2. The Morgan fingerprint density at radius 3 is 3.00 bits per heavy atom. The maximum Gasteiger partial charge on any atom is 0.223 e. The summed E-state index contributed by atoms with van der Waals surface area (Å²) in [7, 11) is 0. The van der Waals surface area contributed by atoms with Gasteiger partial charge in [-0.1, -0.05) is 18.2 Å². The monoisotopic (exact) mass is 268 g/mol. The highest BCUT2D eigenvalue weighted by Crippen LogP contribution is 2.37. The van der Waals surface area contributed by atoms with Crippen LogP contribution in [-0.4, -0.2) is 16.5 Å². The molecule has 4 nitrogen and oxygen atoms in total. The van der Waals surface area contributed by atoms with E-state index < -0.39 is 0 Å². The molecule has 1 aliphatic heterocycles. The Morgan fingerprint density at radius 2 is 2.05 bits per heavy atom. The normalized spacial score (nSPS) is 14.0. The van der Waals surface area contributed by atoms with Gasteiger partial charge in [0.05, 0.1) is 5.39 Å². The molecule has 0 saturated heterocycles. The number of para-hydroxylation sites is 1. The van der Waals surface area contributed by atoms with E-state index in [9.17, 15) is 0 Å². The summed E-state index contributed by atoms with van der Waals surface area (Å²) in [4.78, 5) is 11.9. The first-order valence-electron chi connectivity index (χ1n) is 6.19. The Labute approximate surface area is 114 Å². The van der Waals surface area contributed by atoms with Crippen LogP contribution in [0.2, 0.25) is 0 Å². The number of nitrogens with zero attached hydrogens (tertiary/aromatic N) is 3. The fraction of sp³-hybridized carbons (Fsp3) is 0.143. The van der Waals surface area contributed by atoms with Crippen LogP contribution in [-0.2, 0) is 6.42 Å². The Kier molecular flexibility index (Phi) is 2.22. The van der Waals surface area contributed by atoms with Gasteiger partial charge in [0.2, 0.25) is 5.95 Å². The van der Waals surface area contributed by atoms with Crippen molar-refractivity contribution in [1.82, 2.24) is 9.97 Å². The second kappa shape index (κ2) is 3.93. The number of thiophene rings is 1. The molecule has 5 heteroatoms. The average molecular weight is 268 g/mol. The fourth-order valence-corrected chi connectivity index (χ4v) is 3.39. The van der Waals surface area contributed by atoms with Gasteiger partial charge in [-0.3, -0.25) is 0 Å². The van der Waals surface area contributed by atoms with E-state index in [-0.39, 0.29) is 0 Å². The van der Waals surface area contributed by atoms with Crippen molar-refractivity contribution < 1.29 is 0 Å². The SMILES string of the molecule is Nc1nc(N2CCc3ccccc32)c2ccsc2n1. The van der Waals surface area contributed by atoms with Crippen LogP contribution in [0.1, 0.15) is 5.56 Å². The molecule has 0 bridgehead atoms. The predicted octanol–water partition coefficient (Wildman–Crippen LogP) is 2.97. The second-order valence-electron chi connectivity index (χ2n) is 4.58. The minimum atomic E-state index is 0.342. The maximum atomic E-state index is 5.83. The Morgan fingerprint density at radius 1 is 1.16 bits per heavy atom. The first-order valence-corrected chi connectivity index (χ1v) is 7.07. The lowest BCUT2D eigenvalue weighted by atomic mass is 10.2. The molecular weight excluding hydrogens is 256 g/mol. The van der Waals surface area contributed by atoms with E-state index in [0.29, 0.717) is 5.95 Å². The van der Waals surface area contributed by atoms with Crippen molar-refractivity contribution in [1.29, 1.82) is 0 Å². The smallest absolute Gasteiger partial charge is 0.223 e. The minimum Gasteiger partial charge on any atom is -0.368 e. The van der Waals surface area contributed by atoms with Crippen LogP contribution in [0.5, 0.6) is 0 Å². The van der Waals surface area contributed by atoms with Crippen LogP contribution >= 0.6 is 11.3 Å². The number of fused-ring (bicyclic) bond motifs is 2. The highest BCUT2D eigenvalue weighted by Gasteiger charge is 2.23. The van der Waals surface area contributed by atoms with Crippen molar-refractivity contribution in [3.05, 3.63) is 41.3 Å². The van der Waals surface area contributed by atoms with Crippen molar-refractivity contribution in [3.8, 4) is 0 Å². The topological polar surface area (TPSA) is 55.0 Å². The minimum absolute atomic E-state index is 0.342. The van der Waals surface area contributed by atoms with Crippen LogP contribution in [0.4, 0.5) is 17.5 Å². The molecule has 3 aromatic rings. The lowest BCUT2D eigenvalue weighted by Gasteiger charge is -2.19. The van der Waals surface area contributed by atoms with Crippen LogP contribution in [0.25, 0.3) is 10.2 Å². The van der Waals surface area contributed by atoms with Gasteiger partial charge in [-0.25, -0.2) is 4.98 Å². The molecule has 0 aliphatic carbocycles. The van der Waals surface area contributed by atoms with Gasteiger partial charge < -0.3 is 10.6 Å². The van der Waals surface area contributed by atoms with Gasteiger partial charge >= 0.3 is 0 Å². The molecule has 2 N–H and O–H groups in total. The lowest BCUT2D eigenvalue weighted by Crippen LogP contribution is -2.16. The van der Waals surface area contributed by atoms with Gasteiger partial charge in [0, 0.05) is 12.2 Å². The summed E-state index contributed by atoms with van der Waals surface area (Å²) < 4.78 is 0. The van der Waals surface area contributed by atoms with E-state index in [0.717, 1.165) is 29.0 Å². The summed E-state index contributed by atoms with van der Waals surface area (Å²) >= 11 is 1.60. The van der Waals surface area contributed by atoms with E-state index in [2.05, 4.69) is 45.2 Å². The number of hydrogen-bond donors (Lipinski definition) is 1. The molecule has 0 fully saturated rings. The third kappa shape index (κ3) is 1.58. The molecular formula is C14H12N4S. The number of benzene rings is 1. The van der Waals surface area contributed by atoms with Crippen molar-refractivity contribution in [2.45, 2.75) is 6.42 Å². The van der Waals surface area contributed by atoms with E-state index in [1.54, 1.807) is 11.3 Å². The maximum absolute atomic E-state index is 5.83. The summed E-state index contributed by atoms with van der Waals surface area (Å²) in [6.45, 7) is 0.945. The van der Waals surface area contributed by atoms with Crippen LogP contribution in [0.15, 0.2) is 35.7 Å². The molecule has 2 aromatic heterocycles. The number of aromatic nitrogens is 2. The summed E-state index contributed by atoms with van der Waals surface area (Å²) in [6, 6.07) is 10.5. The fourth-order valence-electron chi connectivity index (χ4n) is 2.62. The van der Waals surface area contributed by atoms with E-state index in [1.807, 2.05) is 5.38 Å². The number of rotatable bonds is 1. The van der Waals surface area contributed by atoms with Crippen molar-refractivity contribution in [2.24, 2.45) is 0 Å². The number of hydrogen-bond acceptors (Lipinski definition) is 5. The van der Waals surface area contributed by atoms with Gasteiger partial charge in [-0.15, -0.1) is 11.3 Å². The molecule has 19 heavy (non-hydrogen) atoms. The standard InChI is InChI=1S/C14H12N4S/c15-14-16-12(10-6-8-19-13(10)17-14)18-7-5-9-3-1-2-4-11(9)18/h1-4,6,8H,5,7H2,(H2,15,16,17). The summed E-state index contributed by atoms with van der Waals surface area (Å²) in [5.41, 5.74) is 8.42. The van der Waals surface area contributed by atoms with Crippen molar-refractivity contribution in [3.63, 3.8) is 0 Å². The third-order valence-corrected chi connectivity index (χ3v) is 4.27. The third-order valence-electron chi connectivity index (χ3n) is 3.47. The number of anilines is 3. The Hall–Kier alpha value is -2.14. The first kappa shape index (κ1) is 10.8. The van der Waals surface area contributed by atoms with Crippen LogP contribution in [0, 0.1) is 0 Å². The van der Waals surface area contributed by atoms with Gasteiger partial charge in [0.1, 0.15) is 10.6 Å². The van der Waals surface area contributed by atoms with E-state index in [4.69, 9.17) is 5.73 Å². The zero-order chi connectivity index (χ0) is 12.8. The van der Waals surface area contributed by atoms with Gasteiger partial charge in [-0.05, 0) is 29.5 Å². The van der Waals surface area contributed by atoms with Gasteiger partial charge in [0.25, 0.3) is 0 Å². The molecule has 3 heterocycles. The Balaban J connectivity index is 1.94. The molecule has 0 radical (unpaired) electrons. The average Bonchev–Trinajstić information content (AvgIpc) is 3.03. The van der Waals surface area contributed by atoms with Crippen LogP contribution < -0.4 is 10.6 Å². The summed E-state index contributed by atoms with van der Waals surface area (Å²) in [6.07, 6.45) is 1.05. The van der Waals surface area contributed by atoms with Crippen LogP contribution in [0.3, 0.4) is 0 Å². The molecule has 0 atom stereocenters. The second-order valence-corrected chi connectivity index (χ2v) is 5.47. The van der Waals surface area contributed by atoms with Crippen molar-refractivity contribution in [2.75, 3.05) is 17.2 Å². The predicted molar refractivity (Wildman–Crippen MR) is 79.0 cm³/mol. The van der Waals surface area contributed by atoms with Gasteiger partial charge in [0.15, 0.2) is 0 Å². The summed E-state index contributed by atoms with van der Waals surface area (Å²) in [5.74, 6) is 1.27. The molecule has 0 unspecified atom stereocenters. The summed E-state index contributed by atoms with van der Waals surface area (Å²) in [5, 5.41) is 3.11. The van der Waals surface area contributed by atoms with Crippen molar-refractivity contribution >= 4 is 39.0 Å². The Bertz CT molecular complexity index is 765. The zero-order valence-corrected chi connectivity index (χ0v) is 11.0. The number of nitrogen functional groups attached to an aromatic ring is 1. The molecule has 0 amide bonds. The molecule has 1 aliphatic rings. The molecule has 4 rings (SSSR count). The lowest BCUT2D eigenvalue weighted by molar-refractivity contribution is 0.978. The molecule has 94 valence electrons. The largest absolute Gasteiger partial charge is 0.368 e. The van der Waals surface area contributed by atoms with E-state index >= 15 is 0 Å².